The van der Waals surface area contributed by atoms with Crippen molar-refractivity contribution in [2.45, 2.75) is 91.1 Å². The van der Waals surface area contributed by atoms with Crippen LogP contribution in [0.5, 0.6) is 17.2 Å². The number of hydrogen-bond acceptors (Lipinski definition) is 12. The largest absolute Gasteiger partial charge is 0.481 e. The summed E-state index contributed by atoms with van der Waals surface area (Å²) >= 11 is 0. The van der Waals surface area contributed by atoms with Crippen LogP contribution in [0, 0.1) is 20.8 Å². The molecule has 0 bridgehead atoms. The Kier molecular flexibility index (Phi) is 22.9. The van der Waals surface area contributed by atoms with Crippen molar-refractivity contribution < 1.29 is 66.6 Å². The highest BCUT2D eigenvalue weighted by Crippen LogP contribution is 2.48. The van der Waals surface area contributed by atoms with Crippen molar-refractivity contribution >= 4 is 50.3 Å². The molecule has 6 aromatic carbocycles. The summed E-state index contributed by atoms with van der Waals surface area (Å²) in [4.78, 5) is 55.3. The molecule has 0 heterocycles. The maximum Gasteiger partial charge on any atom is 0.341 e. The second kappa shape index (κ2) is 29.6. The Hall–Kier alpha value is -7.51. The van der Waals surface area contributed by atoms with Gasteiger partial charge in [-0.3, -0.25) is 4.79 Å². The molecule has 3 N–H and O–H groups in total. The minimum absolute atomic E-state index is 0.00274. The van der Waals surface area contributed by atoms with Crippen LogP contribution in [0.15, 0.2) is 108 Å². The zero-order valence-corrected chi connectivity index (χ0v) is 47.7. The Labute approximate surface area is 469 Å². The van der Waals surface area contributed by atoms with E-state index in [1.54, 1.807) is 104 Å². The quantitative estimate of drug-likeness (QED) is 0.0326. The first kappa shape index (κ1) is 61.7. The number of hydrogen-bond donors (Lipinski definition) is 3. The van der Waals surface area contributed by atoms with E-state index in [0.717, 1.165) is 36.8 Å². The number of amides is 1. The second-order valence-electron chi connectivity index (χ2n) is 19.9. The van der Waals surface area contributed by atoms with Gasteiger partial charge >= 0.3 is 17.9 Å². The zero-order chi connectivity index (χ0) is 57.9. The number of aliphatic carboxylic acids is 3. The number of benzene rings is 6. The van der Waals surface area contributed by atoms with Gasteiger partial charge in [-0.25, -0.2) is 22.8 Å². The van der Waals surface area contributed by atoms with E-state index < -0.39 is 47.8 Å². The average Bonchev–Trinajstić information content (AvgIpc) is 3.43. The molecule has 0 spiro atoms. The Morgan fingerprint density at radius 3 is 1.48 bits per heavy atom. The number of carbonyl (C=O) groups excluding carboxylic acids is 1. The monoisotopic (exact) mass is 1120 g/mol. The average molecular weight is 1120 g/mol. The molecule has 0 saturated carbocycles. The van der Waals surface area contributed by atoms with Crippen LogP contribution in [0.3, 0.4) is 0 Å². The van der Waals surface area contributed by atoms with Gasteiger partial charge in [0.05, 0.1) is 4.90 Å². The highest BCUT2D eigenvalue weighted by atomic mass is 32.2. The highest BCUT2D eigenvalue weighted by Gasteiger charge is 2.31. The number of anilines is 1. The summed E-state index contributed by atoms with van der Waals surface area (Å²) in [5.41, 5.74) is 5.05. The molecule has 0 fully saturated rings. The van der Waals surface area contributed by atoms with Crippen molar-refractivity contribution in [1.29, 1.82) is 0 Å². The summed E-state index contributed by atoms with van der Waals surface area (Å²) in [6.45, 7) is 8.84. The Morgan fingerprint density at radius 1 is 0.512 bits per heavy atom. The molecule has 0 saturated heterocycles. The predicted molar refractivity (Wildman–Crippen MR) is 309 cm³/mol. The molecule has 6 aromatic rings. The van der Waals surface area contributed by atoms with E-state index in [2.05, 4.69) is 13.8 Å². The molecule has 17 nitrogen and oxygen atoms in total. The fraction of sp³-hybridized carbons (Fsp3) is 0.387. The number of carboxylic acids is 3. The van der Waals surface area contributed by atoms with Crippen molar-refractivity contribution in [1.82, 2.24) is 9.21 Å². The molecular formula is C62H75N3O14S. The van der Waals surface area contributed by atoms with Crippen LogP contribution < -0.4 is 19.1 Å². The van der Waals surface area contributed by atoms with Gasteiger partial charge in [0.15, 0.2) is 19.8 Å². The standard InChI is InChI=1S/C62H75N3O14S/c1-8-10-27-75-29-17-25-64(62(72)45-19-13-12-14-20-45)37-46-31-42(3)33-50(59(46)77-39-56(66)67)52-35-44(5)36-53(61(52)79-41-58(70)71)51-34-43(4)32-47(60(51)78-40-57(68)69)38-65(26-18-30-76-28-11-9-2)80(73,74)55-24-16-21-48-49(55)22-15-23-54(48)63(6)7/h12-16,19-24,31-36H,8-11,17-18,25-30,37-41H2,1-7H3,(H,66,67)(H,68,69)(H,70,71). The smallest absolute Gasteiger partial charge is 0.341 e. The van der Waals surface area contributed by atoms with Crippen LogP contribution >= 0.6 is 0 Å². The first-order valence-electron chi connectivity index (χ1n) is 27.0. The first-order chi connectivity index (χ1) is 38.3. The van der Waals surface area contributed by atoms with Gasteiger partial charge in [-0.05, 0) is 112 Å². The molecule has 80 heavy (non-hydrogen) atoms. The van der Waals surface area contributed by atoms with E-state index in [1.165, 1.54) is 4.31 Å². The number of nitrogens with zero attached hydrogens (tertiary/aromatic N) is 3. The second-order valence-corrected chi connectivity index (χ2v) is 21.8. The molecule has 428 valence electrons. The third kappa shape index (κ3) is 16.5. The van der Waals surface area contributed by atoms with Crippen LogP contribution in [0.4, 0.5) is 5.69 Å². The van der Waals surface area contributed by atoms with E-state index in [1.807, 2.05) is 44.1 Å². The summed E-state index contributed by atoms with van der Waals surface area (Å²) in [6, 6.07) is 29.9. The molecule has 0 aliphatic rings. The van der Waals surface area contributed by atoms with E-state index >= 15 is 8.42 Å². The molecule has 0 aromatic heterocycles. The van der Waals surface area contributed by atoms with Gasteiger partial charge in [-0.15, -0.1) is 0 Å². The fourth-order valence-electron chi connectivity index (χ4n) is 9.51. The number of carbonyl (C=O) groups is 4. The topological polar surface area (TPSA) is 219 Å². The molecule has 0 atom stereocenters. The fourth-order valence-corrected chi connectivity index (χ4v) is 11.2. The van der Waals surface area contributed by atoms with Gasteiger partial charge in [-0.1, -0.05) is 81.3 Å². The van der Waals surface area contributed by atoms with E-state index in [9.17, 15) is 34.5 Å². The first-order valence-corrected chi connectivity index (χ1v) is 28.4. The number of fused-ring (bicyclic) bond motifs is 1. The zero-order valence-electron chi connectivity index (χ0n) is 46.9. The van der Waals surface area contributed by atoms with Gasteiger partial charge in [0.25, 0.3) is 5.91 Å². The molecule has 0 unspecified atom stereocenters. The Morgan fingerprint density at radius 2 is 0.963 bits per heavy atom. The van der Waals surface area contributed by atoms with E-state index in [-0.39, 0.29) is 77.5 Å². The number of unbranched alkanes of at least 4 members (excludes halogenated alkanes) is 2. The highest BCUT2D eigenvalue weighted by molar-refractivity contribution is 7.89. The Bertz CT molecular complexity index is 3220. The van der Waals surface area contributed by atoms with Gasteiger partial charge in [0.2, 0.25) is 10.0 Å². The van der Waals surface area contributed by atoms with E-state index in [4.69, 9.17) is 23.7 Å². The van der Waals surface area contributed by atoms with Crippen molar-refractivity contribution in [3.63, 3.8) is 0 Å². The molecule has 18 heteroatoms. The lowest BCUT2D eigenvalue weighted by Crippen LogP contribution is -2.33. The van der Waals surface area contributed by atoms with Crippen molar-refractivity contribution in [2.75, 3.05) is 78.3 Å². The maximum atomic E-state index is 15.3. The summed E-state index contributed by atoms with van der Waals surface area (Å²) in [6.07, 6.45) is 4.46. The lowest BCUT2D eigenvalue weighted by molar-refractivity contribution is -0.140. The number of carboxylic acid groups (broad SMARTS) is 3. The summed E-state index contributed by atoms with van der Waals surface area (Å²) in [5.74, 6) is -4.09. The molecule has 1 amide bonds. The van der Waals surface area contributed by atoms with Crippen molar-refractivity contribution in [2.24, 2.45) is 0 Å². The lowest BCUT2D eigenvalue weighted by Gasteiger charge is -2.27. The predicted octanol–water partition coefficient (Wildman–Crippen LogP) is 10.8. The number of rotatable bonds is 33. The number of ether oxygens (including phenoxy) is 5. The van der Waals surface area contributed by atoms with Gasteiger partial charge in [0, 0.05) is 122 Å². The maximum absolute atomic E-state index is 15.3. The third-order valence-corrected chi connectivity index (χ3v) is 15.0. The van der Waals surface area contributed by atoms with Crippen LogP contribution in [0.1, 0.15) is 90.5 Å². The summed E-state index contributed by atoms with van der Waals surface area (Å²) in [7, 11) is -0.569. The van der Waals surface area contributed by atoms with Gasteiger partial charge in [-0.2, -0.15) is 4.31 Å². The van der Waals surface area contributed by atoms with Crippen LogP contribution in [-0.2, 0) is 47.0 Å². The minimum atomic E-state index is -4.33. The third-order valence-electron chi connectivity index (χ3n) is 13.1. The number of sulfonamides is 1. The van der Waals surface area contributed by atoms with Gasteiger partial charge in [0.1, 0.15) is 17.2 Å². The van der Waals surface area contributed by atoms with Crippen LogP contribution in [0.2, 0.25) is 0 Å². The van der Waals surface area contributed by atoms with Gasteiger partial charge < -0.3 is 48.8 Å². The van der Waals surface area contributed by atoms with Crippen LogP contribution in [0.25, 0.3) is 33.0 Å². The Balaban J connectivity index is 1.57. The molecular weight excluding hydrogens is 1040 g/mol. The molecule has 6 rings (SSSR count). The number of aryl methyl sites for hydroxylation is 3. The summed E-state index contributed by atoms with van der Waals surface area (Å²) < 4.78 is 62.4. The normalized spacial score (nSPS) is 11.4. The van der Waals surface area contributed by atoms with Crippen LogP contribution in [-0.4, -0.2) is 130 Å². The molecule has 0 radical (unpaired) electrons. The molecule has 0 aliphatic carbocycles. The van der Waals surface area contributed by atoms with Crippen molar-refractivity contribution in [3.8, 4) is 39.5 Å². The minimum Gasteiger partial charge on any atom is -0.481 e. The van der Waals surface area contributed by atoms with E-state index in [0.29, 0.717) is 77.0 Å². The lowest BCUT2D eigenvalue weighted by atomic mass is 9.90. The molecule has 0 aliphatic heterocycles. The SMILES string of the molecule is CCCCOCCCN(Cc1cc(C)cc(-c2cc(C)cc(-c3cc(C)cc(CN(CCCOCCCC)S(=O)(=O)c4cccc5c(N(C)C)cccc45)c3OCC(=O)O)c2OCC(=O)O)c1OCC(=O)O)C(=O)c1ccccc1. The van der Waals surface area contributed by atoms with Crippen molar-refractivity contribution in [3.05, 3.63) is 137 Å². The summed E-state index contributed by atoms with van der Waals surface area (Å²) in [5, 5.41) is 31.6.